The largest absolute Gasteiger partial charge is 0.393 e. The average Bonchev–Trinajstić information content (AvgIpc) is 2.29. The predicted molar refractivity (Wildman–Crippen MR) is 45.9 cm³/mol. The molecular weight excluding hydrogens is 154 g/mol. The molecule has 12 heavy (non-hydrogen) atoms. The van der Waals surface area contributed by atoms with Crippen molar-refractivity contribution in [3.05, 3.63) is 0 Å². The Kier molecular flexibility index (Phi) is 0.378. The van der Waals surface area contributed by atoms with Crippen LogP contribution in [0.15, 0.2) is 0 Å². The van der Waals surface area contributed by atoms with Crippen LogP contribution in [0.2, 0.25) is 0 Å². The van der Waals surface area contributed by atoms with Gasteiger partial charge in [-0.1, -0.05) is 0 Å². The number of hydrogen-bond donors (Lipinski definition) is 1. The van der Waals surface area contributed by atoms with E-state index in [-0.39, 0.29) is 0 Å². The molecule has 0 aromatic rings. The lowest BCUT2D eigenvalue weighted by Crippen LogP contribution is -2.59. The maximum Gasteiger partial charge on any atom is 0.0602 e. The van der Waals surface area contributed by atoms with Crippen molar-refractivity contribution in [3.8, 4) is 0 Å². The van der Waals surface area contributed by atoms with Crippen LogP contribution >= 0.6 is 0 Å². The van der Waals surface area contributed by atoms with Crippen molar-refractivity contribution in [2.24, 2.45) is 0 Å². The van der Waals surface area contributed by atoms with E-state index < -0.39 is 62.4 Å². The Balaban J connectivity index is 4.52. The van der Waals surface area contributed by atoms with Crippen LogP contribution in [0.4, 0.5) is 0 Å². The molecule has 1 N–H and O–H groups in total. The van der Waals surface area contributed by atoms with Gasteiger partial charge < -0.3 is 5.11 Å². The third-order valence-corrected chi connectivity index (χ3v) is 1.21. The van der Waals surface area contributed by atoms with Gasteiger partial charge in [0, 0.05) is 33.0 Å². The first-order valence-corrected chi connectivity index (χ1v) is 2.85. The van der Waals surface area contributed by atoms with Crippen LogP contribution in [-0.2, 0) is 5.21 Å². The zero-order valence-electron chi connectivity index (χ0n) is 22.8. The first-order chi connectivity index (χ1) is 12.2. The molecule has 0 amide bonds. The van der Waals surface area contributed by atoms with Crippen LogP contribution in [0, 0.1) is 0 Å². The van der Waals surface area contributed by atoms with Crippen LogP contribution in [0.1, 0.15) is 63.5 Å². The molecular formula is C9H18NO2. The number of hydroxylamine groups is 2. The van der Waals surface area contributed by atoms with Crippen molar-refractivity contribution in [3.63, 3.8) is 0 Å². The van der Waals surface area contributed by atoms with Crippen molar-refractivity contribution in [2.75, 3.05) is 0 Å². The average molecular weight is 189 g/mol. The monoisotopic (exact) mass is 189 g/mol. The molecule has 1 aliphatic rings. The molecule has 0 aromatic carbocycles. The topological polar surface area (TPSA) is 43.4 Å². The first kappa shape index (κ1) is 1.69. The summed E-state index contributed by atoms with van der Waals surface area (Å²) in [7, 11) is 0. The summed E-state index contributed by atoms with van der Waals surface area (Å²) in [6, 6.07) is 0. The standard InChI is InChI=1S/C9H18NO2/c1-8(2)5-7(11)6-9(3,4)10(8)12/h7,11H,5-6H2,1-4H3/i1D3,2D3,3D3,4D3,5D2,6D2,7D. The van der Waals surface area contributed by atoms with Crippen LogP contribution in [0.3, 0.4) is 0 Å². The van der Waals surface area contributed by atoms with Crippen molar-refractivity contribution >= 4 is 0 Å². The number of hydrogen-bond acceptors (Lipinski definition) is 2. The van der Waals surface area contributed by atoms with Gasteiger partial charge in [0.2, 0.25) is 0 Å². The molecule has 0 unspecified atom stereocenters. The molecule has 0 atom stereocenters. The molecule has 0 bridgehead atoms. The van der Waals surface area contributed by atoms with E-state index in [9.17, 15) is 10.3 Å². The van der Waals surface area contributed by atoms with Gasteiger partial charge in [0.1, 0.15) is 0 Å². The highest BCUT2D eigenvalue weighted by atomic mass is 16.5. The highest BCUT2D eigenvalue weighted by Gasteiger charge is 2.45. The van der Waals surface area contributed by atoms with E-state index in [0.717, 1.165) is 0 Å². The smallest absolute Gasteiger partial charge is 0.0602 e. The molecule has 1 rings (SSSR count). The maximum atomic E-state index is 13.3. The molecule has 1 fully saturated rings. The maximum absolute atomic E-state index is 13.3. The lowest BCUT2D eigenvalue weighted by molar-refractivity contribution is -0.298. The molecule has 1 aliphatic heterocycles. The summed E-state index contributed by atoms with van der Waals surface area (Å²) in [5.74, 6) is 0. The van der Waals surface area contributed by atoms with Gasteiger partial charge in [0.05, 0.1) is 7.45 Å². The summed E-state index contributed by atoms with van der Waals surface area (Å²) < 4.78 is 129. The van der Waals surface area contributed by atoms with Crippen molar-refractivity contribution in [2.45, 2.75) is 57.3 Å². The van der Waals surface area contributed by atoms with Gasteiger partial charge in [0.15, 0.2) is 0 Å². The highest BCUT2D eigenvalue weighted by molar-refractivity contribution is 4.95. The molecule has 0 spiro atoms. The molecule has 3 nitrogen and oxygen atoms in total. The Labute approximate surface area is 97.8 Å². The number of piperidine rings is 1. The van der Waals surface area contributed by atoms with E-state index in [2.05, 4.69) is 0 Å². The van der Waals surface area contributed by atoms with Gasteiger partial charge in [-0.05, 0) is 40.2 Å². The van der Waals surface area contributed by atoms with Crippen molar-refractivity contribution < 1.29 is 33.6 Å². The van der Waals surface area contributed by atoms with Crippen LogP contribution < -0.4 is 0 Å². The second-order valence-electron chi connectivity index (χ2n) is 2.31. The summed E-state index contributed by atoms with van der Waals surface area (Å²) in [6.07, 6.45) is -13.6. The minimum absolute atomic E-state index is 1.61. The summed E-state index contributed by atoms with van der Waals surface area (Å²) in [5, 5.41) is 22.1. The SMILES string of the molecule is [2H]C([2H])([2H])C1(C([2H])([2H])[2H])N([O])C(C([2H])([2H])[2H])(C([2H])([2H])[2H])C([2H])([2H])C([2H])(O)C1([2H])[2H]. The zero-order chi connectivity index (χ0) is 24.1. The number of nitrogens with zero attached hydrogens (tertiary/aromatic N) is 1. The summed E-state index contributed by atoms with van der Waals surface area (Å²) in [5.41, 5.74) is -9.28. The molecule has 0 aliphatic carbocycles. The zero-order valence-corrected chi connectivity index (χ0v) is 5.80. The lowest BCUT2D eigenvalue weighted by Gasteiger charge is -2.48. The van der Waals surface area contributed by atoms with Gasteiger partial charge in [-0.2, -0.15) is 0 Å². The Bertz CT molecular complexity index is 570. The van der Waals surface area contributed by atoms with E-state index in [1.807, 2.05) is 0 Å². The Morgan fingerprint density at radius 1 is 1.50 bits per heavy atom. The van der Waals surface area contributed by atoms with Crippen molar-refractivity contribution in [1.82, 2.24) is 5.06 Å². The van der Waals surface area contributed by atoms with Crippen molar-refractivity contribution in [1.29, 1.82) is 0 Å². The quantitative estimate of drug-likeness (QED) is 0.625. The molecule has 0 aromatic heterocycles. The molecule has 1 radical (unpaired) electrons. The van der Waals surface area contributed by atoms with E-state index in [4.69, 9.17) is 23.3 Å². The van der Waals surface area contributed by atoms with E-state index >= 15 is 0 Å². The minimum Gasteiger partial charge on any atom is -0.393 e. The van der Waals surface area contributed by atoms with E-state index in [1.165, 1.54) is 0 Å². The summed E-state index contributed by atoms with van der Waals surface area (Å²) >= 11 is 0. The Hall–Kier alpha value is -0.120. The van der Waals surface area contributed by atoms with Gasteiger partial charge in [-0.3, -0.25) is 0 Å². The third-order valence-electron chi connectivity index (χ3n) is 1.21. The second-order valence-corrected chi connectivity index (χ2v) is 2.31. The molecule has 1 saturated heterocycles. The summed E-state index contributed by atoms with van der Waals surface area (Å²) in [4.78, 5) is 0. The first-order valence-electron chi connectivity index (χ1n) is 11.4. The van der Waals surface area contributed by atoms with Gasteiger partial charge in [-0.15, -0.1) is 10.3 Å². The van der Waals surface area contributed by atoms with Crippen LogP contribution in [0.5, 0.6) is 0 Å². The van der Waals surface area contributed by atoms with Crippen LogP contribution in [0.25, 0.3) is 0 Å². The Morgan fingerprint density at radius 3 is 2.25 bits per heavy atom. The van der Waals surface area contributed by atoms with Gasteiger partial charge in [0.25, 0.3) is 0 Å². The molecule has 71 valence electrons. The van der Waals surface area contributed by atoms with Gasteiger partial charge >= 0.3 is 0 Å². The number of rotatable bonds is 0. The normalized spacial score (nSPS) is 66.7. The Morgan fingerprint density at radius 2 is 1.92 bits per heavy atom. The molecule has 3 heteroatoms. The fraction of sp³-hybridized carbons (Fsp3) is 1.00. The summed E-state index contributed by atoms with van der Waals surface area (Å²) in [6.45, 7) is -17.4. The molecule has 1 heterocycles. The van der Waals surface area contributed by atoms with Crippen LogP contribution in [-0.4, -0.2) is 27.3 Å². The fourth-order valence-corrected chi connectivity index (χ4v) is 0.727. The van der Waals surface area contributed by atoms with E-state index in [0.29, 0.717) is 0 Å². The van der Waals surface area contributed by atoms with Gasteiger partial charge in [-0.25, -0.2) is 0 Å². The lowest BCUT2D eigenvalue weighted by atomic mass is 9.80. The predicted octanol–water partition coefficient (Wildman–Crippen LogP) is 1.35. The third kappa shape index (κ3) is 1.63. The minimum atomic E-state index is -4.64. The fourth-order valence-electron chi connectivity index (χ4n) is 0.727. The van der Waals surface area contributed by atoms with E-state index in [1.54, 1.807) is 0 Å². The second kappa shape index (κ2) is 2.69. The molecule has 0 saturated carbocycles. The highest BCUT2D eigenvalue weighted by Crippen LogP contribution is 2.36. The number of aliphatic hydroxyl groups is 1.